The highest BCUT2D eigenvalue weighted by molar-refractivity contribution is 5.71. The van der Waals surface area contributed by atoms with Crippen molar-refractivity contribution in [2.24, 2.45) is 0 Å². The quantitative estimate of drug-likeness (QED) is 0.943. The van der Waals surface area contributed by atoms with Gasteiger partial charge in [-0.1, -0.05) is 19.3 Å². The molecule has 1 aliphatic heterocycles. The summed E-state index contributed by atoms with van der Waals surface area (Å²) in [5, 5.41) is 3.62. The smallest absolute Gasteiger partial charge is 0.180 e. The van der Waals surface area contributed by atoms with E-state index in [9.17, 15) is 0 Å². The molecule has 1 N–H and O–H groups in total. The maximum Gasteiger partial charge on any atom is 0.180 e. The van der Waals surface area contributed by atoms with Gasteiger partial charge in [-0.2, -0.15) is 0 Å². The van der Waals surface area contributed by atoms with Gasteiger partial charge >= 0.3 is 0 Å². The number of likely N-dealkylation sites (tertiary alicyclic amines) is 1. The van der Waals surface area contributed by atoms with Gasteiger partial charge in [0.25, 0.3) is 0 Å². The van der Waals surface area contributed by atoms with Gasteiger partial charge in [0, 0.05) is 31.0 Å². The standard InChI is InChI=1S/C18H25N5/c1-2-6-15(7-3-1)23-12-4-5-14(13-23)21-17-9-8-16-18(22-17)20-11-10-19-16/h8-11,14-15H,1-7,12-13H2,(H,20,21,22). The monoisotopic (exact) mass is 311 g/mol. The van der Waals surface area contributed by atoms with E-state index >= 15 is 0 Å². The number of nitrogens with one attached hydrogen (secondary N) is 1. The molecule has 1 saturated heterocycles. The number of nitrogens with zero attached hydrogens (tertiary/aromatic N) is 4. The minimum Gasteiger partial charge on any atom is -0.366 e. The van der Waals surface area contributed by atoms with Gasteiger partial charge in [0.05, 0.1) is 0 Å². The molecule has 4 rings (SSSR count). The molecule has 2 aromatic rings. The highest BCUT2D eigenvalue weighted by atomic mass is 15.2. The van der Waals surface area contributed by atoms with Crippen molar-refractivity contribution in [3.05, 3.63) is 24.5 Å². The highest BCUT2D eigenvalue weighted by Crippen LogP contribution is 2.26. The summed E-state index contributed by atoms with van der Waals surface area (Å²) in [5.41, 5.74) is 1.57. The maximum absolute atomic E-state index is 4.60. The lowest BCUT2D eigenvalue weighted by Crippen LogP contribution is -2.47. The Hall–Kier alpha value is -1.75. The van der Waals surface area contributed by atoms with Gasteiger partial charge in [0.15, 0.2) is 5.65 Å². The molecule has 3 heterocycles. The van der Waals surface area contributed by atoms with E-state index in [1.807, 2.05) is 12.1 Å². The third-order valence-corrected chi connectivity index (χ3v) is 5.23. The van der Waals surface area contributed by atoms with E-state index in [0.29, 0.717) is 6.04 Å². The molecule has 2 fully saturated rings. The van der Waals surface area contributed by atoms with E-state index in [2.05, 4.69) is 25.2 Å². The summed E-state index contributed by atoms with van der Waals surface area (Å²) in [6.07, 6.45) is 12.9. The number of rotatable bonds is 3. The zero-order chi connectivity index (χ0) is 15.5. The minimum atomic E-state index is 0.493. The van der Waals surface area contributed by atoms with Gasteiger partial charge in [-0.25, -0.2) is 9.97 Å². The van der Waals surface area contributed by atoms with Crippen molar-refractivity contribution in [3.8, 4) is 0 Å². The molecule has 23 heavy (non-hydrogen) atoms. The van der Waals surface area contributed by atoms with Crippen LogP contribution in [0.25, 0.3) is 11.2 Å². The van der Waals surface area contributed by atoms with Crippen LogP contribution in [0.2, 0.25) is 0 Å². The first-order valence-corrected chi connectivity index (χ1v) is 8.97. The van der Waals surface area contributed by atoms with Gasteiger partial charge in [-0.15, -0.1) is 0 Å². The molecule has 5 nitrogen and oxygen atoms in total. The number of anilines is 1. The van der Waals surface area contributed by atoms with E-state index in [0.717, 1.165) is 29.6 Å². The second-order valence-electron chi connectivity index (χ2n) is 6.87. The number of hydrogen-bond acceptors (Lipinski definition) is 5. The minimum absolute atomic E-state index is 0.493. The number of hydrogen-bond donors (Lipinski definition) is 1. The Labute approximate surface area is 137 Å². The van der Waals surface area contributed by atoms with Crippen LogP contribution in [0.5, 0.6) is 0 Å². The van der Waals surface area contributed by atoms with Gasteiger partial charge in [-0.05, 0) is 44.4 Å². The lowest BCUT2D eigenvalue weighted by Gasteiger charge is -2.40. The fourth-order valence-electron chi connectivity index (χ4n) is 4.05. The summed E-state index contributed by atoms with van der Waals surface area (Å²) in [4.78, 5) is 15.9. The van der Waals surface area contributed by atoms with Crippen LogP contribution in [0.3, 0.4) is 0 Å². The average Bonchev–Trinajstić information content (AvgIpc) is 2.63. The van der Waals surface area contributed by atoms with E-state index in [-0.39, 0.29) is 0 Å². The van der Waals surface area contributed by atoms with Gasteiger partial charge in [0.2, 0.25) is 0 Å². The largest absolute Gasteiger partial charge is 0.366 e. The van der Waals surface area contributed by atoms with Crippen molar-refractivity contribution in [1.29, 1.82) is 0 Å². The molecule has 0 aromatic carbocycles. The van der Waals surface area contributed by atoms with Crippen molar-refractivity contribution in [2.45, 2.75) is 57.0 Å². The average molecular weight is 311 g/mol. The van der Waals surface area contributed by atoms with Crippen LogP contribution in [-0.2, 0) is 0 Å². The van der Waals surface area contributed by atoms with Gasteiger partial charge in [-0.3, -0.25) is 9.88 Å². The van der Waals surface area contributed by atoms with E-state index in [1.165, 1.54) is 51.5 Å². The summed E-state index contributed by atoms with van der Waals surface area (Å²) in [7, 11) is 0. The van der Waals surface area contributed by atoms with Crippen LogP contribution in [0.1, 0.15) is 44.9 Å². The second kappa shape index (κ2) is 6.79. The molecule has 2 aromatic heterocycles. The Morgan fingerprint density at radius 1 is 0.957 bits per heavy atom. The molecule has 122 valence electrons. The van der Waals surface area contributed by atoms with Crippen LogP contribution < -0.4 is 5.32 Å². The predicted octanol–water partition coefficient (Wildman–Crippen LogP) is 3.23. The Morgan fingerprint density at radius 3 is 2.74 bits per heavy atom. The number of fused-ring (bicyclic) bond motifs is 1. The molecule has 1 saturated carbocycles. The lowest BCUT2D eigenvalue weighted by atomic mass is 9.92. The first kappa shape index (κ1) is 14.8. The number of pyridine rings is 1. The third-order valence-electron chi connectivity index (χ3n) is 5.23. The summed E-state index contributed by atoms with van der Waals surface area (Å²) >= 11 is 0. The molecule has 1 unspecified atom stereocenters. The zero-order valence-electron chi connectivity index (χ0n) is 13.6. The second-order valence-corrected chi connectivity index (χ2v) is 6.87. The fraction of sp³-hybridized carbons (Fsp3) is 0.611. The molecule has 1 aliphatic carbocycles. The van der Waals surface area contributed by atoms with Crippen molar-refractivity contribution in [1.82, 2.24) is 19.9 Å². The summed E-state index contributed by atoms with van der Waals surface area (Å²) in [6, 6.07) is 5.33. The van der Waals surface area contributed by atoms with E-state index < -0.39 is 0 Å². The van der Waals surface area contributed by atoms with Crippen molar-refractivity contribution < 1.29 is 0 Å². The summed E-state index contributed by atoms with van der Waals surface area (Å²) < 4.78 is 0. The number of piperidine rings is 1. The number of aromatic nitrogens is 3. The summed E-state index contributed by atoms with van der Waals surface area (Å²) in [6.45, 7) is 2.41. The Balaban J connectivity index is 1.42. The fourth-order valence-corrected chi connectivity index (χ4v) is 4.05. The molecule has 0 spiro atoms. The van der Waals surface area contributed by atoms with E-state index in [4.69, 9.17) is 0 Å². The third kappa shape index (κ3) is 3.44. The maximum atomic E-state index is 4.60. The Kier molecular flexibility index (Phi) is 4.37. The first-order valence-electron chi connectivity index (χ1n) is 8.97. The Bertz CT molecular complexity index is 653. The van der Waals surface area contributed by atoms with Crippen molar-refractivity contribution >= 4 is 17.0 Å². The van der Waals surface area contributed by atoms with Crippen molar-refractivity contribution in [3.63, 3.8) is 0 Å². The Morgan fingerprint density at radius 2 is 1.83 bits per heavy atom. The molecule has 0 amide bonds. The summed E-state index contributed by atoms with van der Waals surface area (Å²) in [5.74, 6) is 0.925. The molecule has 2 aliphatic rings. The van der Waals surface area contributed by atoms with Crippen LogP contribution in [-0.4, -0.2) is 45.0 Å². The SMILES string of the molecule is c1cnc2nc(NC3CCCN(C4CCCCC4)C3)ccc2n1. The normalized spacial score (nSPS) is 23.9. The van der Waals surface area contributed by atoms with Crippen LogP contribution in [0.4, 0.5) is 5.82 Å². The lowest BCUT2D eigenvalue weighted by molar-refractivity contribution is 0.124. The first-order chi connectivity index (χ1) is 11.4. The van der Waals surface area contributed by atoms with Gasteiger partial charge < -0.3 is 5.32 Å². The van der Waals surface area contributed by atoms with Crippen LogP contribution in [0.15, 0.2) is 24.5 Å². The highest BCUT2D eigenvalue weighted by Gasteiger charge is 2.27. The predicted molar refractivity (Wildman–Crippen MR) is 92.4 cm³/mol. The molecular formula is C18H25N5. The topological polar surface area (TPSA) is 53.9 Å². The van der Waals surface area contributed by atoms with E-state index in [1.54, 1.807) is 12.4 Å². The van der Waals surface area contributed by atoms with Crippen LogP contribution >= 0.6 is 0 Å². The molecule has 1 atom stereocenters. The molecule has 0 bridgehead atoms. The van der Waals surface area contributed by atoms with Crippen molar-refractivity contribution in [2.75, 3.05) is 18.4 Å². The molecular weight excluding hydrogens is 286 g/mol. The molecule has 0 radical (unpaired) electrons. The van der Waals surface area contributed by atoms with Crippen LogP contribution in [0, 0.1) is 0 Å². The molecule has 5 heteroatoms. The van der Waals surface area contributed by atoms with Gasteiger partial charge in [0.1, 0.15) is 11.3 Å². The zero-order valence-corrected chi connectivity index (χ0v) is 13.6.